The molecule has 1 aliphatic heterocycles. The third-order valence-electron chi connectivity index (χ3n) is 6.72. The number of hydrogen-bond acceptors (Lipinski definition) is 5. The molecule has 3 aromatic rings. The van der Waals surface area contributed by atoms with E-state index in [4.69, 9.17) is 0 Å². The van der Waals surface area contributed by atoms with E-state index < -0.39 is 22.7 Å². The number of aromatic amines is 1. The number of carbonyl (C=O) groups is 2. The van der Waals surface area contributed by atoms with Gasteiger partial charge in [0.15, 0.2) is 0 Å². The molecule has 0 bridgehead atoms. The molecule has 1 amide bonds. The molecule has 33 heavy (non-hydrogen) atoms. The molecule has 1 atom stereocenters. The van der Waals surface area contributed by atoms with E-state index in [1.807, 2.05) is 24.3 Å². The highest BCUT2D eigenvalue weighted by atomic mass is 16.6. The fraction of sp³-hybridized carbons (Fsp3) is 0.280. The number of likely N-dealkylation sites (tertiary alicyclic amines) is 1. The zero-order chi connectivity index (χ0) is 23.1. The second-order valence-corrected chi connectivity index (χ2v) is 8.59. The molecule has 1 unspecified atom stereocenters. The van der Waals surface area contributed by atoms with Gasteiger partial charge < -0.3 is 15.0 Å². The summed E-state index contributed by atoms with van der Waals surface area (Å²) in [5.74, 6) is -1.66. The number of aromatic nitrogens is 1. The molecule has 2 fully saturated rings. The van der Waals surface area contributed by atoms with Gasteiger partial charge in [0.25, 0.3) is 17.4 Å². The van der Waals surface area contributed by atoms with Crippen molar-refractivity contribution in [3.8, 4) is 0 Å². The highest BCUT2D eigenvalue weighted by Crippen LogP contribution is 2.45. The number of aliphatic hydroxyl groups is 1. The van der Waals surface area contributed by atoms with Crippen molar-refractivity contribution in [1.82, 2.24) is 9.88 Å². The summed E-state index contributed by atoms with van der Waals surface area (Å²) in [7, 11) is 0. The van der Waals surface area contributed by atoms with Crippen molar-refractivity contribution in [2.45, 2.75) is 44.2 Å². The van der Waals surface area contributed by atoms with Crippen LogP contribution in [0.5, 0.6) is 0 Å². The smallest absolute Gasteiger partial charge is 0.295 e. The molecule has 2 heterocycles. The standard InChI is InChI=1S/C25H23N3O5/c29-23(15-10-12-17(13-11-15)28(32)33)21-22(19-14-26-20-9-5-4-8-18(19)20)27(25(31)24(21)30)16-6-2-1-3-7-16/h4-5,8-14,16,22,26,29H,1-3,6-7H2/b23-21+. The monoisotopic (exact) mass is 445 g/mol. The number of nitro groups is 1. The normalized spacial score (nSPS) is 21.1. The first-order valence-electron chi connectivity index (χ1n) is 11.1. The Morgan fingerprint density at radius 1 is 1.03 bits per heavy atom. The Morgan fingerprint density at radius 2 is 1.73 bits per heavy atom. The molecule has 0 spiro atoms. The van der Waals surface area contributed by atoms with Gasteiger partial charge in [0, 0.05) is 46.4 Å². The van der Waals surface area contributed by atoms with Crippen LogP contribution in [0, 0.1) is 10.1 Å². The summed E-state index contributed by atoms with van der Waals surface area (Å²) in [5, 5.41) is 23.1. The zero-order valence-electron chi connectivity index (χ0n) is 17.9. The molecular formula is C25H23N3O5. The number of ketones is 1. The van der Waals surface area contributed by atoms with Crippen LogP contribution in [-0.4, -0.2) is 37.6 Å². The zero-order valence-corrected chi connectivity index (χ0v) is 17.9. The summed E-state index contributed by atoms with van der Waals surface area (Å²) in [4.78, 5) is 41.9. The van der Waals surface area contributed by atoms with Gasteiger partial charge in [-0.3, -0.25) is 19.7 Å². The van der Waals surface area contributed by atoms with Crippen LogP contribution < -0.4 is 0 Å². The Labute approximate surface area is 189 Å². The molecule has 1 saturated heterocycles. The maximum absolute atomic E-state index is 13.3. The van der Waals surface area contributed by atoms with Gasteiger partial charge in [-0.2, -0.15) is 0 Å². The Kier molecular flexibility index (Phi) is 5.20. The van der Waals surface area contributed by atoms with Gasteiger partial charge in [0.2, 0.25) is 0 Å². The number of hydrogen-bond donors (Lipinski definition) is 2. The van der Waals surface area contributed by atoms with Crippen LogP contribution in [0.15, 0.2) is 60.3 Å². The van der Waals surface area contributed by atoms with Crippen LogP contribution in [0.25, 0.3) is 16.7 Å². The molecule has 1 aromatic heterocycles. The van der Waals surface area contributed by atoms with Crippen molar-refractivity contribution < 1.29 is 19.6 Å². The number of benzene rings is 2. The molecule has 1 aliphatic carbocycles. The number of Topliss-reactive ketones (excluding diaryl/α,β-unsaturated/α-hetero) is 1. The number of fused-ring (bicyclic) bond motifs is 1. The minimum absolute atomic E-state index is 0.0178. The number of amides is 1. The fourth-order valence-electron chi connectivity index (χ4n) is 5.11. The first-order chi connectivity index (χ1) is 16.0. The maximum Gasteiger partial charge on any atom is 0.295 e. The summed E-state index contributed by atoms with van der Waals surface area (Å²) in [6.45, 7) is 0. The lowest BCUT2D eigenvalue weighted by atomic mass is 9.91. The van der Waals surface area contributed by atoms with Crippen LogP contribution in [-0.2, 0) is 9.59 Å². The number of nitro benzene ring substituents is 1. The van der Waals surface area contributed by atoms with Crippen LogP contribution in [0.3, 0.4) is 0 Å². The van der Waals surface area contributed by atoms with Gasteiger partial charge in [-0.1, -0.05) is 37.5 Å². The third kappa shape index (κ3) is 3.47. The number of rotatable bonds is 4. The number of carbonyl (C=O) groups excluding carboxylic acids is 2. The predicted molar refractivity (Wildman–Crippen MR) is 122 cm³/mol. The minimum atomic E-state index is -0.737. The average Bonchev–Trinajstić information content (AvgIpc) is 3.38. The van der Waals surface area contributed by atoms with Crippen LogP contribution in [0.2, 0.25) is 0 Å². The third-order valence-corrected chi connectivity index (χ3v) is 6.72. The van der Waals surface area contributed by atoms with E-state index in [9.17, 15) is 24.8 Å². The molecule has 1 saturated carbocycles. The molecule has 8 heteroatoms. The Balaban J connectivity index is 1.69. The lowest BCUT2D eigenvalue weighted by Crippen LogP contribution is -2.40. The highest BCUT2D eigenvalue weighted by molar-refractivity contribution is 6.46. The Morgan fingerprint density at radius 3 is 2.42 bits per heavy atom. The fourth-order valence-corrected chi connectivity index (χ4v) is 5.11. The van der Waals surface area contributed by atoms with Crippen molar-refractivity contribution in [3.63, 3.8) is 0 Å². The van der Waals surface area contributed by atoms with Crippen LogP contribution in [0.4, 0.5) is 5.69 Å². The highest BCUT2D eigenvalue weighted by Gasteiger charge is 2.49. The maximum atomic E-state index is 13.3. The van der Waals surface area contributed by atoms with Gasteiger partial charge in [0.05, 0.1) is 16.5 Å². The summed E-state index contributed by atoms with van der Waals surface area (Å²) in [6, 6.07) is 12.1. The number of non-ortho nitro benzene ring substituents is 1. The number of H-pyrrole nitrogens is 1. The molecular weight excluding hydrogens is 422 g/mol. The van der Waals surface area contributed by atoms with E-state index >= 15 is 0 Å². The molecule has 8 nitrogen and oxygen atoms in total. The second kappa shape index (κ2) is 8.20. The SMILES string of the molecule is O=C1C(=O)N(C2CCCCC2)C(c2c[nH]c3ccccc23)/C1=C(\O)c1ccc([N+](=O)[O-])cc1. The molecule has 168 valence electrons. The molecule has 0 radical (unpaired) electrons. The summed E-state index contributed by atoms with van der Waals surface area (Å²) < 4.78 is 0. The van der Waals surface area contributed by atoms with Gasteiger partial charge >= 0.3 is 0 Å². The van der Waals surface area contributed by atoms with Gasteiger partial charge in [-0.15, -0.1) is 0 Å². The molecule has 5 rings (SSSR count). The average molecular weight is 445 g/mol. The predicted octanol–water partition coefficient (Wildman–Crippen LogP) is 4.83. The van der Waals surface area contributed by atoms with E-state index in [1.54, 1.807) is 11.1 Å². The van der Waals surface area contributed by atoms with E-state index in [2.05, 4.69) is 4.98 Å². The number of aliphatic hydroxyl groups excluding tert-OH is 1. The lowest BCUT2D eigenvalue weighted by Gasteiger charge is -2.35. The molecule has 2 aromatic carbocycles. The van der Waals surface area contributed by atoms with Crippen molar-refractivity contribution in [1.29, 1.82) is 0 Å². The first-order valence-corrected chi connectivity index (χ1v) is 11.1. The van der Waals surface area contributed by atoms with Crippen molar-refractivity contribution in [3.05, 3.63) is 81.5 Å². The Bertz CT molecular complexity index is 1280. The van der Waals surface area contributed by atoms with E-state index in [1.165, 1.54) is 24.3 Å². The van der Waals surface area contributed by atoms with Gasteiger partial charge in [0.1, 0.15) is 5.76 Å². The largest absolute Gasteiger partial charge is 0.507 e. The number of nitrogens with zero attached hydrogens (tertiary/aromatic N) is 2. The first kappa shape index (κ1) is 20.9. The van der Waals surface area contributed by atoms with Gasteiger partial charge in [-0.25, -0.2) is 0 Å². The summed E-state index contributed by atoms with van der Waals surface area (Å²) >= 11 is 0. The van der Waals surface area contributed by atoms with E-state index in [0.717, 1.165) is 48.6 Å². The lowest BCUT2D eigenvalue weighted by molar-refractivity contribution is -0.384. The summed E-state index contributed by atoms with van der Waals surface area (Å²) in [5.41, 5.74) is 1.77. The van der Waals surface area contributed by atoms with Crippen LogP contribution >= 0.6 is 0 Å². The molecule has 2 N–H and O–H groups in total. The quantitative estimate of drug-likeness (QED) is 0.196. The second-order valence-electron chi connectivity index (χ2n) is 8.59. The van der Waals surface area contributed by atoms with E-state index in [0.29, 0.717) is 0 Å². The van der Waals surface area contributed by atoms with Crippen molar-refractivity contribution >= 4 is 34.0 Å². The van der Waals surface area contributed by atoms with E-state index in [-0.39, 0.29) is 28.6 Å². The molecule has 2 aliphatic rings. The summed E-state index contributed by atoms with van der Waals surface area (Å²) in [6.07, 6.45) is 6.47. The van der Waals surface area contributed by atoms with Gasteiger partial charge in [-0.05, 0) is 31.0 Å². The Hall–Kier alpha value is -3.94. The number of nitrogens with one attached hydrogen (secondary N) is 1. The van der Waals surface area contributed by atoms with Crippen molar-refractivity contribution in [2.75, 3.05) is 0 Å². The number of para-hydroxylation sites is 1. The topological polar surface area (TPSA) is 117 Å². The van der Waals surface area contributed by atoms with Crippen molar-refractivity contribution in [2.24, 2.45) is 0 Å². The van der Waals surface area contributed by atoms with Crippen LogP contribution in [0.1, 0.15) is 49.3 Å². The minimum Gasteiger partial charge on any atom is -0.507 e.